The molecule has 0 bridgehead atoms. The Labute approximate surface area is 93.4 Å². The predicted molar refractivity (Wildman–Crippen MR) is 66.9 cm³/mol. The number of hydrogen-bond acceptors (Lipinski definition) is 2. The fourth-order valence-corrected chi connectivity index (χ4v) is 2.77. The highest BCUT2D eigenvalue weighted by Crippen LogP contribution is 2.35. The van der Waals surface area contributed by atoms with Crippen LogP contribution in [0.4, 0.5) is 0 Å². The normalized spacial score (nSPS) is 21.2. The van der Waals surface area contributed by atoms with Gasteiger partial charge < -0.3 is 5.32 Å². The van der Waals surface area contributed by atoms with Crippen LogP contribution in [-0.2, 0) is 0 Å². The molecule has 0 heterocycles. The lowest BCUT2D eigenvalue weighted by Gasteiger charge is -2.24. The number of thioether (sulfide) groups is 1. The Balaban J connectivity index is 2.19. The molecule has 0 aromatic heterocycles. The average molecular weight is 215 g/mol. The second-order valence-electron chi connectivity index (χ2n) is 5.08. The first kappa shape index (κ1) is 12.4. The van der Waals surface area contributed by atoms with Gasteiger partial charge in [0.25, 0.3) is 0 Å². The molecule has 0 aromatic carbocycles. The van der Waals surface area contributed by atoms with Gasteiger partial charge in [0, 0.05) is 6.04 Å². The molecule has 0 aromatic rings. The van der Waals surface area contributed by atoms with Crippen LogP contribution in [0.25, 0.3) is 0 Å². The van der Waals surface area contributed by atoms with Crippen LogP contribution in [0, 0.1) is 17.8 Å². The van der Waals surface area contributed by atoms with Crippen molar-refractivity contribution in [3.05, 3.63) is 0 Å². The van der Waals surface area contributed by atoms with Crippen LogP contribution in [0.5, 0.6) is 0 Å². The quantitative estimate of drug-likeness (QED) is 0.700. The van der Waals surface area contributed by atoms with Gasteiger partial charge in [-0.3, -0.25) is 0 Å². The minimum atomic E-state index is 0.777. The smallest absolute Gasteiger partial charge is 0.0118 e. The fourth-order valence-electron chi connectivity index (χ4n) is 2.08. The largest absolute Gasteiger partial charge is 0.313 e. The second-order valence-corrected chi connectivity index (χ2v) is 5.99. The highest BCUT2D eigenvalue weighted by atomic mass is 32.2. The van der Waals surface area contributed by atoms with Crippen LogP contribution in [0.1, 0.15) is 33.6 Å². The molecule has 14 heavy (non-hydrogen) atoms. The van der Waals surface area contributed by atoms with Crippen LogP contribution in [0.2, 0.25) is 0 Å². The minimum absolute atomic E-state index is 0.777. The zero-order valence-electron chi connectivity index (χ0n) is 10.0. The lowest BCUT2D eigenvalue weighted by molar-refractivity contribution is 0.345. The van der Waals surface area contributed by atoms with Crippen LogP contribution < -0.4 is 5.32 Å². The van der Waals surface area contributed by atoms with E-state index in [0.29, 0.717) is 0 Å². The Morgan fingerprint density at radius 2 is 1.93 bits per heavy atom. The molecule has 0 radical (unpaired) electrons. The summed E-state index contributed by atoms with van der Waals surface area (Å²) in [7, 11) is 0. The van der Waals surface area contributed by atoms with E-state index in [1.165, 1.54) is 25.1 Å². The van der Waals surface area contributed by atoms with E-state index < -0.39 is 0 Å². The Morgan fingerprint density at radius 3 is 2.36 bits per heavy atom. The first-order valence-electron chi connectivity index (χ1n) is 5.87. The van der Waals surface area contributed by atoms with Gasteiger partial charge in [-0.2, -0.15) is 11.8 Å². The molecule has 1 aliphatic rings. The third kappa shape index (κ3) is 4.22. The summed E-state index contributed by atoms with van der Waals surface area (Å²) in [4.78, 5) is 0. The number of hydrogen-bond donors (Lipinski definition) is 1. The molecule has 2 heteroatoms. The van der Waals surface area contributed by atoms with E-state index in [0.717, 1.165) is 23.8 Å². The van der Waals surface area contributed by atoms with Gasteiger partial charge in [-0.15, -0.1) is 0 Å². The molecule has 1 fully saturated rings. The molecule has 1 aliphatic carbocycles. The van der Waals surface area contributed by atoms with Crippen molar-refractivity contribution in [3.8, 4) is 0 Å². The molecular formula is C12H25NS. The zero-order valence-corrected chi connectivity index (χ0v) is 10.9. The second kappa shape index (κ2) is 6.02. The number of rotatable bonds is 7. The summed E-state index contributed by atoms with van der Waals surface area (Å²) in [6.07, 6.45) is 5.09. The van der Waals surface area contributed by atoms with Gasteiger partial charge in [0.2, 0.25) is 0 Å². The lowest BCUT2D eigenvalue weighted by Crippen LogP contribution is -2.38. The van der Waals surface area contributed by atoms with E-state index >= 15 is 0 Å². The molecular weight excluding hydrogens is 190 g/mol. The van der Waals surface area contributed by atoms with Gasteiger partial charge in [0.1, 0.15) is 0 Å². The van der Waals surface area contributed by atoms with E-state index in [9.17, 15) is 0 Å². The van der Waals surface area contributed by atoms with Gasteiger partial charge in [-0.25, -0.2) is 0 Å². The minimum Gasteiger partial charge on any atom is -0.313 e. The fraction of sp³-hybridized carbons (Fsp3) is 1.00. The summed E-state index contributed by atoms with van der Waals surface area (Å²) in [5, 5.41) is 3.75. The van der Waals surface area contributed by atoms with E-state index in [1.807, 2.05) is 11.8 Å². The maximum Gasteiger partial charge on any atom is 0.0118 e. The first-order chi connectivity index (χ1) is 6.65. The topological polar surface area (TPSA) is 12.0 Å². The molecule has 0 amide bonds. The van der Waals surface area contributed by atoms with Gasteiger partial charge in [-0.1, -0.05) is 20.8 Å². The maximum absolute atomic E-state index is 3.75. The predicted octanol–water partition coefficient (Wildman–Crippen LogP) is 3.01. The Bertz CT molecular complexity index is 152. The third-order valence-corrected chi connectivity index (χ3v) is 3.90. The molecule has 0 saturated heterocycles. The summed E-state index contributed by atoms with van der Waals surface area (Å²) < 4.78 is 0. The molecule has 2 unspecified atom stereocenters. The van der Waals surface area contributed by atoms with E-state index in [1.54, 1.807) is 0 Å². The van der Waals surface area contributed by atoms with Crippen molar-refractivity contribution in [2.24, 2.45) is 17.8 Å². The third-order valence-electron chi connectivity index (χ3n) is 3.00. The molecule has 0 aliphatic heterocycles. The summed E-state index contributed by atoms with van der Waals surface area (Å²) >= 11 is 1.95. The molecule has 84 valence electrons. The van der Waals surface area contributed by atoms with Crippen LogP contribution in [0.3, 0.4) is 0 Å². The summed E-state index contributed by atoms with van der Waals surface area (Å²) in [6.45, 7) is 8.22. The summed E-state index contributed by atoms with van der Waals surface area (Å²) in [5.41, 5.74) is 0. The van der Waals surface area contributed by atoms with Crippen LogP contribution in [-0.4, -0.2) is 24.6 Å². The molecule has 2 atom stereocenters. The van der Waals surface area contributed by atoms with Crippen molar-refractivity contribution in [1.29, 1.82) is 0 Å². The summed E-state index contributed by atoms with van der Waals surface area (Å²) in [5.74, 6) is 3.87. The monoisotopic (exact) mass is 215 g/mol. The maximum atomic E-state index is 3.75. The first-order valence-corrected chi connectivity index (χ1v) is 7.26. The van der Waals surface area contributed by atoms with Crippen molar-refractivity contribution >= 4 is 11.8 Å². The van der Waals surface area contributed by atoms with E-state index in [-0.39, 0.29) is 0 Å². The van der Waals surface area contributed by atoms with Crippen molar-refractivity contribution < 1.29 is 0 Å². The molecule has 0 spiro atoms. The average Bonchev–Trinajstić information content (AvgIpc) is 2.88. The molecule has 1 saturated carbocycles. The summed E-state index contributed by atoms with van der Waals surface area (Å²) in [6, 6.07) is 0.777. The van der Waals surface area contributed by atoms with E-state index in [4.69, 9.17) is 0 Å². The van der Waals surface area contributed by atoms with Crippen molar-refractivity contribution in [2.45, 2.75) is 39.7 Å². The van der Waals surface area contributed by atoms with Gasteiger partial charge in [0.05, 0.1) is 0 Å². The Hall–Kier alpha value is 0.310. The SMILES string of the molecule is CSCC(C)CNC(C(C)C)C1CC1. The van der Waals surface area contributed by atoms with Crippen molar-refractivity contribution in [3.63, 3.8) is 0 Å². The van der Waals surface area contributed by atoms with Crippen LogP contribution >= 0.6 is 11.8 Å². The van der Waals surface area contributed by atoms with Gasteiger partial charge in [-0.05, 0) is 49.1 Å². The van der Waals surface area contributed by atoms with E-state index in [2.05, 4.69) is 32.3 Å². The van der Waals surface area contributed by atoms with Crippen molar-refractivity contribution in [1.82, 2.24) is 5.32 Å². The highest BCUT2D eigenvalue weighted by molar-refractivity contribution is 7.98. The van der Waals surface area contributed by atoms with Crippen LogP contribution in [0.15, 0.2) is 0 Å². The highest BCUT2D eigenvalue weighted by Gasteiger charge is 2.32. The van der Waals surface area contributed by atoms with Crippen molar-refractivity contribution in [2.75, 3.05) is 18.6 Å². The lowest BCUT2D eigenvalue weighted by atomic mass is 9.99. The number of nitrogens with one attached hydrogen (secondary N) is 1. The van der Waals surface area contributed by atoms with Gasteiger partial charge >= 0.3 is 0 Å². The Kier molecular flexibility index (Phi) is 5.32. The zero-order chi connectivity index (χ0) is 10.6. The molecule has 1 nitrogen and oxygen atoms in total. The van der Waals surface area contributed by atoms with Gasteiger partial charge in [0.15, 0.2) is 0 Å². The standard InChI is InChI=1S/C12H25NS/c1-9(2)12(11-5-6-11)13-7-10(3)8-14-4/h9-13H,5-8H2,1-4H3. The molecule has 1 N–H and O–H groups in total. The Morgan fingerprint density at radius 1 is 1.29 bits per heavy atom. The molecule has 1 rings (SSSR count).